The molecule has 74 valence electrons. The number of nitriles is 1. The molecule has 0 saturated heterocycles. The van der Waals surface area contributed by atoms with Crippen LogP contribution in [0.15, 0.2) is 0 Å². The molecule has 1 atom stereocenters. The monoisotopic (exact) mass is 184 g/mol. The molecule has 0 rings (SSSR count). The molecule has 0 heterocycles. The predicted molar refractivity (Wildman–Crippen MR) is 49.0 cm³/mol. The van der Waals surface area contributed by atoms with Crippen LogP contribution in [0.4, 0.5) is 4.79 Å². The van der Waals surface area contributed by atoms with Gasteiger partial charge in [-0.15, -0.1) is 0 Å². The number of carbonyl (C=O) groups is 1. The van der Waals surface area contributed by atoms with E-state index >= 15 is 0 Å². The molecule has 0 spiro atoms. The van der Waals surface area contributed by atoms with E-state index in [-0.39, 0.29) is 12.0 Å². The van der Waals surface area contributed by atoms with Gasteiger partial charge in [-0.25, -0.2) is 4.79 Å². The number of hydrogen-bond donors (Lipinski definition) is 1. The summed E-state index contributed by atoms with van der Waals surface area (Å²) < 4.78 is 4.83. The van der Waals surface area contributed by atoms with Crippen molar-refractivity contribution in [2.45, 2.75) is 39.8 Å². The number of rotatable bonds is 3. The maximum absolute atomic E-state index is 11.0. The number of nitrogens with one attached hydrogen (secondary N) is 1. The molecule has 0 aromatic carbocycles. The lowest BCUT2D eigenvalue weighted by molar-refractivity contribution is 0.112. The minimum absolute atomic E-state index is 0.0877. The SMILES string of the molecule is CC(C)OC(=O)NC(C#N)C(C)C. The molecule has 0 radical (unpaired) electrons. The second-order valence-electron chi connectivity index (χ2n) is 3.45. The van der Waals surface area contributed by atoms with Gasteiger partial charge in [-0.3, -0.25) is 0 Å². The van der Waals surface area contributed by atoms with Crippen LogP contribution >= 0.6 is 0 Å². The van der Waals surface area contributed by atoms with E-state index in [0.29, 0.717) is 0 Å². The molecule has 0 fully saturated rings. The van der Waals surface area contributed by atoms with E-state index in [9.17, 15) is 4.79 Å². The Balaban J connectivity index is 3.97. The lowest BCUT2D eigenvalue weighted by Gasteiger charge is -2.15. The van der Waals surface area contributed by atoms with Gasteiger partial charge in [0.15, 0.2) is 0 Å². The van der Waals surface area contributed by atoms with Crippen LogP contribution in [0.25, 0.3) is 0 Å². The van der Waals surface area contributed by atoms with Gasteiger partial charge in [0.1, 0.15) is 6.04 Å². The molecule has 1 N–H and O–H groups in total. The first-order chi connectivity index (χ1) is 5.97. The summed E-state index contributed by atoms with van der Waals surface area (Å²) in [5.74, 6) is 0.0877. The molecule has 13 heavy (non-hydrogen) atoms. The molecule has 0 aliphatic carbocycles. The minimum Gasteiger partial charge on any atom is -0.447 e. The van der Waals surface area contributed by atoms with Gasteiger partial charge in [0.25, 0.3) is 0 Å². The van der Waals surface area contributed by atoms with Gasteiger partial charge < -0.3 is 10.1 Å². The van der Waals surface area contributed by atoms with E-state index < -0.39 is 12.1 Å². The normalized spacial score (nSPS) is 12.4. The average Bonchev–Trinajstić information content (AvgIpc) is 1.98. The maximum atomic E-state index is 11.0. The fraction of sp³-hybridized carbons (Fsp3) is 0.778. The highest BCUT2D eigenvalue weighted by Crippen LogP contribution is 2.00. The molecule has 1 unspecified atom stereocenters. The molecule has 0 saturated carbocycles. The Morgan fingerprint density at radius 3 is 2.23 bits per heavy atom. The molecular formula is C9H16N2O2. The van der Waals surface area contributed by atoms with Gasteiger partial charge >= 0.3 is 6.09 Å². The quantitative estimate of drug-likeness (QED) is 0.725. The van der Waals surface area contributed by atoms with E-state index in [1.54, 1.807) is 13.8 Å². The fourth-order valence-corrected chi connectivity index (χ4v) is 0.723. The Morgan fingerprint density at radius 1 is 1.38 bits per heavy atom. The summed E-state index contributed by atoms with van der Waals surface area (Å²) in [6.07, 6.45) is -0.693. The van der Waals surface area contributed by atoms with Gasteiger partial charge in [-0.05, 0) is 19.8 Å². The van der Waals surface area contributed by atoms with Crippen molar-refractivity contribution in [3.8, 4) is 6.07 Å². The molecular weight excluding hydrogens is 168 g/mol. The topological polar surface area (TPSA) is 62.1 Å². The molecule has 0 aromatic rings. The van der Waals surface area contributed by atoms with Gasteiger partial charge in [-0.2, -0.15) is 5.26 Å². The molecule has 1 amide bonds. The zero-order chi connectivity index (χ0) is 10.4. The highest BCUT2D eigenvalue weighted by molar-refractivity contribution is 5.68. The molecule has 0 aliphatic heterocycles. The largest absolute Gasteiger partial charge is 0.447 e. The van der Waals surface area contributed by atoms with E-state index in [1.165, 1.54) is 0 Å². The lowest BCUT2D eigenvalue weighted by Crippen LogP contribution is -2.38. The summed E-state index contributed by atoms with van der Waals surface area (Å²) in [6.45, 7) is 7.25. The van der Waals surface area contributed by atoms with Gasteiger partial charge in [0, 0.05) is 0 Å². The van der Waals surface area contributed by atoms with Crippen LogP contribution in [0.5, 0.6) is 0 Å². The Hall–Kier alpha value is -1.24. The summed E-state index contributed by atoms with van der Waals surface area (Å²) in [5.41, 5.74) is 0. The number of amides is 1. The van der Waals surface area contributed by atoms with Crippen LogP contribution in [0.2, 0.25) is 0 Å². The number of ether oxygens (including phenoxy) is 1. The third kappa shape index (κ3) is 5.07. The highest BCUT2D eigenvalue weighted by Gasteiger charge is 2.16. The van der Waals surface area contributed by atoms with Gasteiger partial charge in [0.2, 0.25) is 0 Å². The third-order valence-corrected chi connectivity index (χ3v) is 1.42. The van der Waals surface area contributed by atoms with Gasteiger partial charge in [-0.1, -0.05) is 13.8 Å². The van der Waals surface area contributed by atoms with Crippen molar-refractivity contribution < 1.29 is 9.53 Å². The second kappa shape index (κ2) is 5.41. The van der Waals surface area contributed by atoms with E-state index in [1.807, 2.05) is 19.9 Å². The van der Waals surface area contributed by atoms with Crippen molar-refractivity contribution in [3.05, 3.63) is 0 Å². The van der Waals surface area contributed by atoms with Crippen LogP contribution in [0.3, 0.4) is 0 Å². The zero-order valence-corrected chi connectivity index (χ0v) is 8.50. The summed E-state index contributed by atoms with van der Waals surface area (Å²) in [4.78, 5) is 11.0. The standard InChI is InChI=1S/C9H16N2O2/c1-6(2)8(5-10)11-9(12)13-7(3)4/h6-8H,1-4H3,(H,11,12). The summed E-state index contributed by atoms with van der Waals surface area (Å²) in [5, 5.41) is 11.1. The van der Waals surface area contributed by atoms with E-state index in [2.05, 4.69) is 5.32 Å². The number of nitrogens with zero attached hydrogens (tertiary/aromatic N) is 1. The first-order valence-corrected chi connectivity index (χ1v) is 4.34. The van der Waals surface area contributed by atoms with E-state index in [0.717, 1.165) is 0 Å². The van der Waals surface area contributed by atoms with Crippen LogP contribution in [-0.4, -0.2) is 18.2 Å². The van der Waals surface area contributed by atoms with Crippen molar-refractivity contribution >= 4 is 6.09 Å². The Morgan fingerprint density at radius 2 is 1.92 bits per heavy atom. The van der Waals surface area contributed by atoms with Crippen LogP contribution < -0.4 is 5.32 Å². The zero-order valence-electron chi connectivity index (χ0n) is 8.50. The summed E-state index contributed by atoms with van der Waals surface area (Å²) >= 11 is 0. The number of alkyl carbamates (subject to hydrolysis) is 1. The van der Waals surface area contributed by atoms with E-state index in [4.69, 9.17) is 10.00 Å². The summed E-state index contributed by atoms with van der Waals surface area (Å²) in [7, 11) is 0. The fourth-order valence-electron chi connectivity index (χ4n) is 0.723. The number of hydrogen-bond acceptors (Lipinski definition) is 3. The van der Waals surface area contributed by atoms with Crippen LogP contribution in [0, 0.1) is 17.2 Å². The van der Waals surface area contributed by atoms with Crippen molar-refractivity contribution in [2.75, 3.05) is 0 Å². The smallest absolute Gasteiger partial charge is 0.408 e. The molecule has 0 bridgehead atoms. The Bertz CT molecular complexity index is 206. The average molecular weight is 184 g/mol. The Labute approximate surface area is 78.9 Å². The summed E-state index contributed by atoms with van der Waals surface area (Å²) in [6, 6.07) is 1.51. The van der Waals surface area contributed by atoms with Crippen molar-refractivity contribution in [2.24, 2.45) is 5.92 Å². The lowest BCUT2D eigenvalue weighted by atomic mass is 10.1. The minimum atomic E-state index is -0.532. The van der Waals surface area contributed by atoms with Crippen molar-refractivity contribution in [1.82, 2.24) is 5.32 Å². The second-order valence-corrected chi connectivity index (χ2v) is 3.45. The van der Waals surface area contributed by atoms with Gasteiger partial charge in [0.05, 0.1) is 12.2 Å². The van der Waals surface area contributed by atoms with Crippen molar-refractivity contribution in [1.29, 1.82) is 5.26 Å². The molecule has 0 aromatic heterocycles. The van der Waals surface area contributed by atoms with Crippen molar-refractivity contribution in [3.63, 3.8) is 0 Å². The first kappa shape index (κ1) is 11.8. The molecule has 4 heteroatoms. The molecule has 0 aliphatic rings. The third-order valence-electron chi connectivity index (χ3n) is 1.42. The Kier molecular flexibility index (Phi) is 4.90. The highest BCUT2D eigenvalue weighted by atomic mass is 16.6. The first-order valence-electron chi connectivity index (χ1n) is 4.34. The van der Waals surface area contributed by atoms with Crippen LogP contribution in [-0.2, 0) is 4.74 Å². The maximum Gasteiger partial charge on any atom is 0.408 e. The van der Waals surface area contributed by atoms with Crippen LogP contribution in [0.1, 0.15) is 27.7 Å². The molecule has 4 nitrogen and oxygen atoms in total. The predicted octanol–water partition coefficient (Wildman–Crippen LogP) is 1.67. The number of carbonyl (C=O) groups excluding carboxylic acids is 1.